The summed E-state index contributed by atoms with van der Waals surface area (Å²) in [6, 6.07) is 2.44. The molecule has 1 saturated heterocycles. The molecule has 2 heterocycles. The number of hydrogen-bond donors (Lipinski definition) is 1. The summed E-state index contributed by atoms with van der Waals surface area (Å²) in [5.41, 5.74) is -0.612. The van der Waals surface area contributed by atoms with Crippen molar-refractivity contribution in [3.8, 4) is 0 Å². The quantitative estimate of drug-likeness (QED) is 0.670. The minimum Gasteiger partial charge on any atom is -0.444 e. The second-order valence-corrected chi connectivity index (χ2v) is 9.92. The third kappa shape index (κ3) is 5.64. The largest absolute Gasteiger partial charge is 0.444 e. The summed E-state index contributed by atoms with van der Waals surface area (Å²) in [4.78, 5) is 43.8. The van der Waals surface area contributed by atoms with Gasteiger partial charge in [-0.25, -0.2) is 9.78 Å². The number of likely N-dealkylation sites (tertiary alicyclic amines) is 1. The van der Waals surface area contributed by atoms with Crippen LogP contribution in [-0.2, 0) is 16.1 Å². The van der Waals surface area contributed by atoms with E-state index in [2.05, 4.69) is 20.9 Å². The average Bonchev–Trinajstić information content (AvgIpc) is 2.66. The molecule has 3 rings (SSSR count). The summed E-state index contributed by atoms with van der Waals surface area (Å²) in [6.07, 6.45) is 0.928. The third-order valence-corrected chi connectivity index (χ3v) is 6.22. The maximum Gasteiger partial charge on any atom is 0.410 e. The zero-order chi connectivity index (χ0) is 22.9. The van der Waals surface area contributed by atoms with Crippen LogP contribution in [0.5, 0.6) is 0 Å². The van der Waals surface area contributed by atoms with Crippen molar-refractivity contribution >= 4 is 50.3 Å². The minimum atomic E-state index is -0.840. The molecule has 1 aromatic carbocycles. The van der Waals surface area contributed by atoms with Gasteiger partial charge in [0.05, 0.1) is 40.9 Å². The standard InChI is InChI=1S/C21H25BrClN3O5/c1-21(2,3)31-20(30)26-6-4-5-18(28)17(26)7-12(27)10-25-11-24-16-9-14(22)15(23)8-13(16)19(25)29/h8-9,11,17-18,28H,4-7,10H2,1-3H3. The molecule has 0 bridgehead atoms. The molecule has 31 heavy (non-hydrogen) atoms. The van der Waals surface area contributed by atoms with Gasteiger partial charge in [-0.1, -0.05) is 11.6 Å². The Morgan fingerprint density at radius 1 is 1.35 bits per heavy atom. The molecule has 1 aliphatic heterocycles. The van der Waals surface area contributed by atoms with Crippen LogP contribution in [0.15, 0.2) is 27.7 Å². The molecule has 0 spiro atoms. The van der Waals surface area contributed by atoms with Gasteiger partial charge in [-0.05, 0) is 61.7 Å². The molecule has 1 N–H and O–H groups in total. The Morgan fingerprint density at radius 3 is 2.74 bits per heavy atom. The Balaban J connectivity index is 1.78. The van der Waals surface area contributed by atoms with Crippen molar-refractivity contribution in [1.82, 2.24) is 14.5 Å². The number of fused-ring (bicyclic) bond motifs is 1. The van der Waals surface area contributed by atoms with E-state index in [0.29, 0.717) is 39.8 Å². The molecular weight excluding hydrogens is 490 g/mol. The first-order chi connectivity index (χ1) is 14.5. The summed E-state index contributed by atoms with van der Waals surface area (Å²) in [6.45, 7) is 5.45. The Hall–Kier alpha value is -1.97. The van der Waals surface area contributed by atoms with Crippen LogP contribution >= 0.6 is 27.5 Å². The van der Waals surface area contributed by atoms with Crippen LogP contribution in [0.25, 0.3) is 10.9 Å². The SMILES string of the molecule is CC(C)(C)OC(=O)N1CCCC(O)C1CC(=O)Cn1cnc2cc(Br)c(Cl)cc2c1=O. The van der Waals surface area contributed by atoms with Gasteiger partial charge in [0, 0.05) is 17.4 Å². The number of ether oxygens (including phenoxy) is 1. The van der Waals surface area contributed by atoms with Crippen LogP contribution in [-0.4, -0.2) is 55.7 Å². The van der Waals surface area contributed by atoms with Gasteiger partial charge in [0.1, 0.15) is 5.60 Å². The van der Waals surface area contributed by atoms with Gasteiger partial charge >= 0.3 is 6.09 Å². The Bertz CT molecular complexity index is 1070. The van der Waals surface area contributed by atoms with Gasteiger partial charge in [-0.15, -0.1) is 0 Å². The lowest BCUT2D eigenvalue weighted by Gasteiger charge is -2.39. The summed E-state index contributed by atoms with van der Waals surface area (Å²) >= 11 is 9.38. The topological polar surface area (TPSA) is 102 Å². The monoisotopic (exact) mass is 513 g/mol. The van der Waals surface area contributed by atoms with Crippen LogP contribution in [0.4, 0.5) is 4.79 Å². The van der Waals surface area contributed by atoms with E-state index in [1.54, 1.807) is 26.8 Å². The molecule has 0 radical (unpaired) electrons. The Labute approximate surface area is 193 Å². The number of carbonyl (C=O) groups is 2. The molecule has 168 valence electrons. The van der Waals surface area contributed by atoms with Gasteiger partial charge in [0.25, 0.3) is 5.56 Å². The van der Waals surface area contributed by atoms with Gasteiger partial charge in [-0.3, -0.25) is 14.2 Å². The van der Waals surface area contributed by atoms with E-state index in [0.717, 1.165) is 0 Å². The number of piperidine rings is 1. The number of aliphatic hydroxyl groups excluding tert-OH is 1. The highest BCUT2D eigenvalue weighted by molar-refractivity contribution is 9.10. The number of benzene rings is 1. The van der Waals surface area contributed by atoms with Crippen LogP contribution < -0.4 is 5.56 Å². The molecule has 1 aromatic heterocycles. The van der Waals surface area contributed by atoms with Crippen molar-refractivity contribution in [3.63, 3.8) is 0 Å². The van der Waals surface area contributed by atoms with Crippen LogP contribution in [0.3, 0.4) is 0 Å². The number of hydrogen-bond acceptors (Lipinski definition) is 6. The second-order valence-electron chi connectivity index (χ2n) is 8.65. The van der Waals surface area contributed by atoms with Crippen LogP contribution in [0.1, 0.15) is 40.0 Å². The number of rotatable bonds is 4. The van der Waals surface area contributed by atoms with Gasteiger partial charge in [0.15, 0.2) is 5.78 Å². The molecule has 1 fully saturated rings. The highest BCUT2D eigenvalue weighted by Gasteiger charge is 2.37. The molecule has 2 atom stereocenters. The molecule has 2 aromatic rings. The summed E-state index contributed by atoms with van der Waals surface area (Å²) < 4.78 is 7.26. The van der Waals surface area contributed by atoms with E-state index in [1.807, 2.05) is 0 Å². The predicted molar refractivity (Wildman–Crippen MR) is 120 cm³/mol. The predicted octanol–water partition coefficient (Wildman–Crippen LogP) is 3.53. The maximum atomic E-state index is 12.8. The smallest absolute Gasteiger partial charge is 0.410 e. The highest BCUT2D eigenvalue weighted by atomic mass is 79.9. The number of nitrogens with zero attached hydrogens (tertiary/aromatic N) is 3. The fourth-order valence-corrected chi connectivity index (χ4v) is 4.08. The molecule has 1 amide bonds. The van der Waals surface area contributed by atoms with Crippen molar-refractivity contribution < 1.29 is 19.4 Å². The van der Waals surface area contributed by atoms with E-state index in [1.165, 1.54) is 21.9 Å². The van der Waals surface area contributed by atoms with E-state index in [9.17, 15) is 19.5 Å². The van der Waals surface area contributed by atoms with Crippen molar-refractivity contribution in [2.24, 2.45) is 0 Å². The van der Waals surface area contributed by atoms with E-state index in [4.69, 9.17) is 16.3 Å². The second kappa shape index (κ2) is 9.26. The highest BCUT2D eigenvalue weighted by Crippen LogP contribution is 2.26. The molecule has 1 aliphatic rings. The molecule has 2 unspecified atom stereocenters. The van der Waals surface area contributed by atoms with Crippen LogP contribution in [0, 0.1) is 0 Å². The number of carbonyl (C=O) groups excluding carboxylic acids is 2. The number of aliphatic hydroxyl groups is 1. The van der Waals surface area contributed by atoms with Crippen molar-refractivity contribution in [2.75, 3.05) is 6.54 Å². The van der Waals surface area contributed by atoms with Crippen LogP contribution in [0.2, 0.25) is 5.02 Å². The molecule has 8 nitrogen and oxygen atoms in total. The number of aromatic nitrogens is 2. The summed E-state index contributed by atoms with van der Waals surface area (Å²) in [7, 11) is 0. The fraction of sp³-hybridized carbons (Fsp3) is 0.524. The first kappa shape index (κ1) is 23.7. The molecule has 0 aliphatic carbocycles. The number of amides is 1. The van der Waals surface area contributed by atoms with Crippen molar-refractivity contribution in [3.05, 3.63) is 38.3 Å². The summed E-state index contributed by atoms with van der Waals surface area (Å²) in [5.74, 6) is -0.300. The van der Waals surface area contributed by atoms with E-state index >= 15 is 0 Å². The van der Waals surface area contributed by atoms with Gasteiger partial charge < -0.3 is 14.7 Å². The maximum absolute atomic E-state index is 12.8. The zero-order valence-corrected chi connectivity index (χ0v) is 19.9. The number of Topliss-reactive ketones (excluding diaryl/α,β-unsaturated/α-hetero) is 1. The fourth-order valence-electron chi connectivity index (χ4n) is 3.58. The molecular formula is C21H25BrClN3O5. The lowest BCUT2D eigenvalue weighted by molar-refractivity contribution is -0.122. The first-order valence-corrected chi connectivity index (χ1v) is 11.2. The first-order valence-electron chi connectivity index (χ1n) is 10.00. The molecule has 0 saturated carbocycles. The average molecular weight is 515 g/mol. The van der Waals surface area contributed by atoms with E-state index in [-0.39, 0.29) is 24.3 Å². The zero-order valence-electron chi connectivity index (χ0n) is 17.6. The number of ketones is 1. The van der Waals surface area contributed by atoms with E-state index < -0.39 is 23.8 Å². The third-order valence-electron chi connectivity index (χ3n) is 5.02. The van der Waals surface area contributed by atoms with Crippen molar-refractivity contribution in [1.29, 1.82) is 0 Å². The van der Waals surface area contributed by atoms with Gasteiger partial charge in [-0.2, -0.15) is 0 Å². The van der Waals surface area contributed by atoms with Crippen molar-refractivity contribution in [2.45, 2.75) is 64.3 Å². The molecule has 10 heteroatoms. The number of halogens is 2. The normalized spacial score (nSPS) is 19.5. The lowest BCUT2D eigenvalue weighted by Crippen LogP contribution is -2.53. The summed E-state index contributed by atoms with van der Waals surface area (Å²) in [5, 5.41) is 11.1. The minimum absolute atomic E-state index is 0.0913. The Morgan fingerprint density at radius 2 is 2.06 bits per heavy atom. The Kier molecular flexibility index (Phi) is 7.08. The van der Waals surface area contributed by atoms with Gasteiger partial charge in [0.2, 0.25) is 0 Å². The lowest BCUT2D eigenvalue weighted by atomic mass is 9.95.